The van der Waals surface area contributed by atoms with Crippen molar-refractivity contribution in [3.63, 3.8) is 0 Å². The minimum Gasteiger partial charge on any atom is -0.308 e. The van der Waals surface area contributed by atoms with Crippen molar-refractivity contribution in [3.8, 4) is 0 Å². The maximum atomic E-state index is 13.7. The normalized spacial score (nSPS) is 12.6. The van der Waals surface area contributed by atoms with Crippen LogP contribution in [0.4, 0.5) is 4.39 Å². The highest BCUT2D eigenvalue weighted by molar-refractivity contribution is 5.13. The van der Waals surface area contributed by atoms with Crippen LogP contribution >= 0.6 is 0 Å². The summed E-state index contributed by atoms with van der Waals surface area (Å²) in [5.41, 5.74) is 0.381. The van der Waals surface area contributed by atoms with Gasteiger partial charge in [-0.05, 0) is 23.9 Å². The Bertz CT molecular complexity index is 512. The number of likely N-dealkylation sites (N-methyl/N-ethyl adjacent to an activating group) is 1. The standard InChI is InChI=1S/C11H15FN6/c1-3-13-9(7-10-15-17-18(2)16-10)11-8(12)5-4-6-14-11/h4-6,9,13H,3,7H2,1-2H3. The monoisotopic (exact) mass is 250 g/mol. The number of nitrogens with one attached hydrogen (secondary N) is 1. The predicted molar refractivity (Wildman–Crippen MR) is 63.1 cm³/mol. The summed E-state index contributed by atoms with van der Waals surface area (Å²) < 4.78 is 13.7. The first kappa shape index (κ1) is 12.6. The van der Waals surface area contributed by atoms with E-state index in [2.05, 4.69) is 25.7 Å². The zero-order valence-corrected chi connectivity index (χ0v) is 10.3. The lowest BCUT2D eigenvalue weighted by Gasteiger charge is -2.15. The van der Waals surface area contributed by atoms with Crippen LogP contribution in [-0.2, 0) is 13.5 Å². The minimum absolute atomic E-state index is 0.250. The third-order valence-corrected chi connectivity index (χ3v) is 2.50. The fourth-order valence-electron chi connectivity index (χ4n) is 1.75. The molecule has 2 aromatic heterocycles. The minimum atomic E-state index is -0.327. The Morgan fingerprint density at radius 1 is 1.50 bits per heavy atom. The van der Waals surface area contributed by atoms with E-state index in [1.165, 1.54) is 10.9 Å². The molecular formula is C11H15FN6. The molecule has 1 unspecified atom stereocenters. The molecule has 0 aliphatic carbocycles. The van der Waals surface area contributed by atoms with Gasteiger partial charge in [-0.3, -0.25) is 4.98 Å². The summed E-state index contributed by atoms with van der Waals surface area (Å²) >= 11 is 0. The molecule has 1 atom stereocenters. The number of tetrazole rings is 1. The van der Waals surface area contributed by atoms with Crippen molar-refractivity contribution >= 4 is 0 Å². The van der Waals surface area contributed by atoms with Gasteiger partial charge in [-0.15, -0.1) is 10.2 Å². The molecule has 6 nitrogen and oxygen atoms in total. The van der Waals surface area contributed by atoms with Gasteiger partial charge < -0.3 is 5.32 Å². The molecule has 0 aromatic carbocycles. The molecule has 0 saturated carbocycles. The van der Waals surface area contributed by atoms with E-state index in [1.54, 1.807) is 19.3 Å². The van der Waals surface area contributed by atoms with Gasteiger partial charge >= 0.3 is 0 Å². The van der Waals surface area contributed by atoms with Gasteiger partial charge in [0.1, 0.15) is 5.82 Å². The summed E-state index contributed by atoms with van der Waals surface area (Å²) in [5, 5.41) is 14.9. The van der Waals surface area contributed by atoms with Crippen molar-refractivity contribution in [3.05, 3.63) is 35.7 Å². The maximum Gasteiger partial charge on any atom is 0.176 e. The second-order valence-corrected chi connectivity index (χ2v) is 3.88. The van der Waals surface area contributed by atoms with E-state index in [0.717, 1.165) is 0 Å². The van der Waals surface area contributed by atoms with E-state index >= 15 is 0 Å². The second-order valence-electron chi connectivity index (χ2n) is 3.88. The van der Waals surface area contributed by atoms with Crippen LogP contribution in [0.15, 0.2) is 18.3 Å². The van der Waals surface area contributed by atoms with E-state index in [0.29, 0.717) is 24.5 Å². The highest BCUT2D eigenvalue weighted by Gasteiger charge is 2.18. The van der Waals surface area contributed by atoms with Gasteiger partial charge in [-0.2, -0.15) is 4.80 Å². The average molecular weight is 250 g/mol. The van der Waals surface area contributed by atoms with Crippen LogP contribution in [0.3, 0.4) is 0 Å². The lowest BCUT2D eigenvalue weighted by atomic mass is 10.1. The van der Waals surface area contributed by atoms with Gasteiger partial charge in [-0.1, -0.05) is 6.92 Å². The first-order chi connectivity index (χ1) is 8.70. The Labute approximate surface area is 104 Å². The lowest BCUT2D eigenvalue weighted by Crippen LogP contribution is -2.25. The lowest BCUT2D eigenvalue weighted by molar-refractivity contribution is 0.485. The van der Waals surface area contributed by atoms with Crippen LogP contribution in [0, 0.1) is 5.82 Å². The average Bonchev–Trinajstić information content (AvgIpc) is 2.75. The topological polar surface area (TPSA) is 68.5 Å². The van der Waals surface area contributed by atoms with Crippen LogP contribution in [0.5, 0.6) is 0 Å². The first-order valence-corrected chi connectivity index (χ1v) is 5.77. The van der Waals surface area contributed by atoms with Gasteiger partial charge in [-0.25, -0.2) is 4.39 Å². The third-order valence-electron chi connectivity index (χ3n) is 2.50. The van der Waals surface area contributed by atoms with Crippen LogP contribution < -0.4 is 5.32 Å². The summed E-state index contributed by atoms with van der Waals surface area (Å²) in [6.07, 6.45) is 2.03. The number of halogens is 1. The predicted octanol–water partition coefficient (Wildman–Crippen LogP) is 0.637. The zero-order valence-electron chi connectivity index (χ0n) is 10.3. The molecule has 0 amide bonds. The molecule has 0 aliphatic heterocycles. The number of aromatic nitrogens is 5. The summed E-state index contributed by atoms with van der Waals surface area (Å²) in [7, 11) is 1.69. The van der Waals surface area contributed by atoms with Gasteiger partial charge in [0.15, 0.2) is 5.82 Å². The number of nitrogens with zero attached hydrogens (tertiary/aromatic N) is 5. The molecular weight excluding hydrogens is 235 g/mol. The van der Waals surface area contributed by atoms with Gasteiger partial charge in [0.25, 0.3) is 0 Å². The molecule has 18 heavy (non-hydrogen) atoms. The quantitative estimate of drug-likeness (QED) is 0.843. The molecule has 2 heterocycles. The summed E-state index contributed by atoms with van der Waals surface area (Å²) in [6.45, 7) is 2.67. The fraction of sp³-hybridized carbons (Fsp3) is 0.455. The molecule has 0 bridgehead atoms. The fourth-order valence-corrected chi connectivity index (χ4v) is 1.75. The molecule has 0 fully saturated rings. The highest BCUT2D eigenvalue weighted by Crippen LogP contribution is 2.17. The second kappa shape index (κ2) is 5.63. The summed E-state index contributed by atoms with van der Waals surface area (Å²) in [6, 6.07) is 2.72. The van der Waals surface area contributed by atoms with E-state index in [9.17, 15) is 4.39 Å². The van der Waals surface area contributed by atoms with E-state index in [1.807, 2.05) is 6.92 Å². The molecule has 0 spiro atoms. The number of aryl methyl sites for hydroxylation is 1. The Morgan fingerprint density at radius 2 is 2.33 bits per heavy atom. The van der Waals surface area contributed by atoms with Crippen molar-refractivity contribution in [2.24, 2.45) is 7.05 Å². The Morgan fingerprint density at radius 3 is 2.94 bits per heavy atom. The molecule has 0 saturated heterocycles. The first-order valence-electron chi connectivity index (χ1n) is 5.77. The van der Waals surface area contributed by atoms with Crippen molar-refractivity contribution in [1.29, 1.82) is 0 Å². The molecule has 1 N–H and O–H groups in total. The number of hydrogen-bond acceptors (Lipinski definition) is 5. The Balaban J connectivity index is 2.20. The maximum absolute atomic E-state index is 13.7. The molecule has 2 rings (SSSR count). The van der Waals surface area contributed by atoms with Crippen molar-refractivity contribution in [1.82, 2.24) is 30.5 Å². The largest absolute Gasteiger partial charge is 0.308 e. The molecule has 7 heteroatoms. The van der Waals surface area contributed by atoms with E-state index in [-0.39, 0.29) is 11.9 Å². The van der Waals surface area contributed by atoms with Gasteiger partial charge in [0.2, 0.25) is 0 Å². The Hall–Kier alpha value is -1.89. The van der Waals surface area contributed by atoms with Crippen LogP contribution in [0.1, 0.15) is 24.5 Å². The van der Waals surface area contributed by atoms with Crippen LogP contribution in [0.25, 0.3) is 0 Å². The number of rotatable bonds is 5. The smallest absolute Gasteiger partial charge is 0.176 e. The Kier molecular flexibility index (Phi) is 3.93. The SMILES string of the molecule is CCNC(Cc1nnn(C)n1)c1ncccc1F. The van der Waals surface area contributed by atoms with Gasteiger partial charge in [0, 0.05) is 12.6 Å². The van der Waals surface area contributed by atoms with Crippen molar-refractivity contribution in [2.75, 3.05) is 6.54 Å². The van der Waals surface area contributed by atoms with E-state index in [4.69, 9.17) is 0 Å². The highest BCUT2D eigenvalue weighted by atomic mass is 19.1. The van der Waals surface area contributed by atoms with Crippen LogP contribution in [0.2, 0.25) is 0 Å². The molecule has 96 valence electrons. The van der Waals surface area contributed by atoms with Crippen LogP contribution in [-0.4, -0.2) is 31.7 Å². The summed E-state index contributed by atoms with van der Waals surface area (Å²) in [5.74, 6) is 0.237. The number of pyridine rings is 1. The van der Waals surface area contributed by atoms with Crippen molar-refractivity contribution < 1.29 is 4.39 Å². The molecule has 0 radical (unpaired) electrons. The molecule has 2 aromatic rings. The van der Waals surface area contributed by atoms with Crippen molar-refractivity contribution in [2.45, 2.75) is 19.4 Å². The third kappa shape index (κ3) is 2.86. The van der Waals surface area contributed by atoms with Gasteiger partial charge in [0.05, 0.1) is 18.8 Å². The summed E-state index contributed by atoms with van der Waals surface area (Å²) in [4.78, 5) is 5.46. The van der Waals surface area contributed by atoms with E-state index < -0.39 is 0 Å². The number of hydrogen-bond donors (Lipinski definition) is 1. The molecule has 0 aliphatic rings. The zero-order chi connectivity index (χ0) is 13.0.